The standard InChI is InChI=1S/C33H35FN2O11/c1-42-18-45-23-12-10-21(11-13-23)31(38)35-26-17-36(33(40)41)14-4-5-27(26)47-32(39)22-8-6-20(7-9-22)30(37)29-25(34)15-24(44-3)16-28(29)46-19-43-2/h6-13,15-16,26-27H,4-5,14,17-19H2,1-3H3,(H,35,38)(H,40,41)/t26-,27-/m1/s1. The summed E-state index contributed by atoms with van der Waals surface area (Å²) in [5.74, 6) is -2.26. The van der Waals surface area contributed by atoms with Gasteiger partial charge in [-0.05, 0) is 49.2 Å². The van der Waals surface area contributed by atoms with Gasteiger partial charge in [-0.3, -0.25) is 9.59 Å². The number of methoxy groups -OCH3 is 3. The van der Waals surface area contributed by atoms with E-state index in [4.69, 9.17) is 28.4 Å². The number of hydrogen-bond donors (Lipinski definition) is 2. The summed E-state index contributed by atoms with van der Waals surface area (Å²) in [7, 11) is 4.21. The second-order valence-corrected chi connectivity index (χ2v) is 10.4. The lowest BCUT2D eigenvalue weighted by Crippen LogP contribution is -2.51. The Labute approximate surface area is 270 Å². The molecule has 47 heavy (non-hydrogen) atoms. The van der Waals surface area contributed by atoms with Crippen LogP contribution >= 0.6 is 0 Å². The van der Waals surface area contributed by atoms with Crippen LogP contribution in [0, 0.1) is 5.82 Å². The van der Waals surface area contributed by atoms with Crippen LogP contribution in [0.25, 0.3) is 0 Å². The highest BCUT2D eigenvalue weighted by Crippen LogP contribution is 2.30. The van der Waals surface area contributed by atoms with E-state index in [9.17, 15) is 28.7 Å². The van der Waals surface area contributed by atoms with Crippen LogP contribution in [-0.4, -0.2) is 93.9 Å². The van der Waals surface area contributed by atoms with E-state index in [2.05, 4.69) is 5.32 Å². The number of halogens is 1. The van der Waals surface area contributed by atoms with Crippen LogP contribution in [0.3, 0.4) is 0 Å². The summed E-state index contributed by atoms with van der Waals surface area (Å²) in [6, 6.07) is 13.2. The smallest absolute Gasteiger partial charge is 0.407 e. The number of hydrogen-bond acceptors (Lipinski definition) is 10. The van der Waals surface area contributed by atoms with Crippen LogP contribution in [-0.2, 0) is 14.2 Å². The normalized spacial score (nSPS) is 16.0. The Kier molecular flexibility index (Phi) is 12.1. The van der Waals surface area contributed by atoms with Gasteiger partial charge in [0, 0.05) is 50.6 Å². The lowest BCUT2D eigenvalue weighted by atomic mass is 10.00. The fourth-order valence-electron chi connectivity index (χ4n) is 4.91. The van der Waals surface area contributed by atoms with Crippen molar-refractivity contribution >= 4 is 23.8 Å². The Balaban J connectivity index is 1.50. The number of ether oxygens (including phenoxy) is 6. The molecule has 1 aliphatic heterocycles. The average molecular weight is 655 g/mol. The average Bonchev–Trinajstić information content (AvgIpc) is 3.28. The van der Waals surface area contributed by atoms with Crippen molar-refractivity contribution in [3.63, 3.8) is 0 Å². The van der Waals surface area contributed by atoms with Crippen molar-refractivity contribution in [1.29, 1.82) is 0 Å². The van der Waals surface area contributed by atoms with Crippen molar-refractivity contribution in [2.45, 2.75) is 25.0 Å². The molecule has 0 radical (unpaired) electrons. The molecular formula is C33H35FN2O11. The minimum atomic E-state index is -1.17. The summed E-state index contributed by atoms with van der Waals surface area (Å²) >= 11 is 0. The van der Waals surface area contributed by atoms with Crippen molar-refractivity contribution in [1.82, 2.24) is 10.2 Å². The highest BCUT2D eigenvalue weighted by molar-refractivity contribution is 6.11. The number of carbonyl (C=O) groups is 4. The fraction of sp³-hybridized carbons (Fsp3) is 0.333. The maximum Gasteiger partial charge on any atom is 0.407 e. The first kappa shape index (κ1) is 34.7. The van der Waals surface area contributed by atoms with Crippen LogP contribution < -0.4 is 19.5 Å². The predicted molar refractivity (Wildman–Crippen MR) is 164 cm³/mol. The summed E-state index contributed by atoms with van der Waals surface area (Å²) in [6.45, 7) is -0.115. The Morgan fingerprint density at radius 2 is 1.51 bits per heavy atom. The van der Waals surface area contributed by atoms with Gasteiger partial charge < -0.3 is 43.7 Å². The van der Waals surface area contributed by atoms with Gasteiger partial charge in [-0.25, -0.2) is 14.0 Å². The van der Waals surface area contributed by atoms with Crippen molar-refractivity contribution in [3.8, 4) is 17.2 Å². The molecule has 13 nitrogen and oxygen atoms in total. The number of nitrogens with one attached hydrogen (secondary N) is 1. The number of benzene rings is 3. The molecule has 2 N–H and O–H groups in total. The Hall–Kier alpha value is -5.21. The third kappa shape index (κ3) is 8.95. The number of carboxylic acid groups (broad SMARTS) is 1. The molecule has 14 heteroatoms. The Bertz CT molecular complexity index is 1560. The maximum absolute atomic E-state index is 15.0. The molecule has 1 saturated heterocycles. The molecule has 0 bridgehead atoms. The van der Waals surface area contributed by atoms with E-state index in [0.717, 1.165) is 11.0 Å². The van der Waals surface area contributed by atoms with Gasteiger partial charge in [0.1, 0.15) is 34.7 Å². The Morgan fingerprint density at radius 3 is 2.15 bits per heavy atom. The van der Waals surface area contributed by atoms with Crippen molar-refractivity contribution in [2.75, 3.05) is 48.0 Å². The van der Waals surface area contributed by atoms with Crippen LogP contribution in [0.2, 0.25) is 0 Å². The summed E-state index contributed by atoms with van der Waals surface area (Å²) in [6.07, 6.45) is -1.37. The van der Waals surface area contributed by atoms with Crippen LogP contribution in [0.1, 0.15) is 49.5 Å². The first-order valence-corrected chi connectivity index (χ1v) is 14.5. The quantitative estimate of drug-likeness (QED) is 0.155. The molecule has 250 valence electrons. The third-order valence-electron chi connectivity index (χ3n) is 7.29. The molecule has 3 aromatic carbocycles. The topological polar surface area (TPSA) is 159 Å². The number of likely N-dealkylation sites (tertiary alicyclic amines) is 1. The first-order valence-electron chi connectivity index (χ1n) is 14.5. The molecule has 3 aromatic rings. The zero-order valence-corrected chi connectivity index (χ0v) is 26.0. The zero-order chi connectivity index (χ0) is 33.9. The molecule has 2 amide bonds. The highest BCUT2D eigenvalue weighted by atomic mass is 19.1. The van der Waals surface area contributed by atoms with Gasteiger partial charge in [0.15, 0.2) is 19.4 Å². The van der Waals surface area contributed by atoms with Crippen LogP contribution in [0.5, 0.6) is 17.2 Å². The van der Waals surface area contributed by atoms with Crippen molar-refractivity contribution in [2.24, 2.45) is 0 Å². The first-order chi connectivity index (χ1) is 22.6. The van der Waals surface area contributed by atoms with Gasteiger partial charge in [-0.2, -0.15) is 0 Å². The van der Waals surface area contributed by atoms with E-state index >= 15 is 0 Å². The van der Waals surface area contributed by atoms with E-state index < -0.39 is 41.7 Å². The predicted octanol–water partition coefficient (Wildman–Crippen LogP) is 4.13. The lowest BCUT2D eigenvalue weighted by molar-refractivity contribution is 0.0179. The number of rotatable bonds is 13. The van der Waals surface area contributed by atoms with Crippen molar-refractivity contribution < 1.29 is 57.1 Å². The minimum Gasteiger partial charge on any atom is -0.497 e. The summed E-state index contributed by atoms with van der Waals surface area (Å²) < 4.78 is 46.3. The van der Waals surface area contributed by atoms with Crippen LogP contribution in [0.15, 0.2) is 60.7 Å². The minimum absolute atomic E-state index is 0.0384. The van der Waals surface area contributed by atoms with E-state index in [1.165, 1.54) is 51.7 Å². The summed E-state index contributed by atoms with van der Waals surface area (Å²) in [5, 5.41) is 12.5. The summed E-state index contributed by atoms with van der Waals surface area (Å²) in [5.41, 5.74) is 0.109. The number of esters is 1. The Morgan fingerprint density at radius 1 is 0.872 bits per heavy atom. The number of ketones is 1. The molecule has 1 aliphatic rings. The van der Waals surface area contributed by atoms with E-state index in [0.29, 0.717) is 12.2 Å². The molecular weight excluding hydrogens is 619 g/mol. The molecule has 2 atom stereocenters. The summed E-state index contributed by atoms with van der Waals surface area (Å²) in [4.78, 5) is 52.6. The van der Waals surface area contributed by atoms with Gasteiger partial charge in [0.05, 0.1) is 18.7 Å². The zero-order valence-electron chi connectivity index (χ0n) is 26.0. The molecule has 0 aliphatic carbocycles. The van der Waals surface area contributed by atoms with Gasteiger partial charge >= 0.3 is 12.1 Å². The molecule has 4 rings (SSSR count). The van der Waals surface area contributed by atoms with Gasteiger partial charge in [0.25, 0.3) is 5.91 Å². The largest absolute Gasteiger partial charge is 0.497 e. The SMILES string of the molecule is COCOc1ccc(C(=O)N[C@@H]2CN(C(=O)O)CCC[C@H]2OC(=O)c2ccc(C(=O)c3c(F)cc(OC)cc3OCOC)cc2)cc1. The fourth-order valence-corrected chi connectivity index (χ4v) is 4.91. The van der Waals surface area contributed by atoms with Crippen LogP contribution in [0.4, 0.5) is 9.18 Å². The van der Waals surface area contributed by atoms with Crippen molar-refractivity contribution in [3.05, 3.63) is 88.7 Å². The number of amides is 2. The number of carbonyl (C=O) groups excluding carboxylic acids is 3. The van der Waals surface area contributed by atoms with Gasteiger partial charge in [0.2, 0.25) is 0 Å². The maximum atomic E-state index is 15.0. The monoisotopic (exact) mass is 654 g/mol. The van der Waals surface area contributed by atoms with E-state index in [1.807, 2.05) is 0 Å². The lowest BCUT2D eigenvalue weighted by Gasteiger charge is -2.28. The molecule has 0 spiro atoms. The van der Waals surface area contributed by atoms with Gasteiger partial charge in [-0.1, -0.05) is 12.1 Å². The molecule has 0 saturated carbocycles. The number of nitrogens with zero attached hydrogens (tertiary/aromatic N) is 1. The second kappa shape index (κ2) is 16.4. The molecule has 0 unspecified atom stereocenters. The third-order valence-corrected chi connectivity index (χ3v) is 7.29. The van der Waals surface area contributed by atoms with E-state index in [1.54, 1.807) is 24.3 Å². The second-order valence-electron chi connectivity index (χ2n) is 10.4. The molecule has 1 heterocycles. The highest BCUT2D eigenvalue weighted by Gasteiger charge is 2.33. The molecule has 1 fully saturated rings. The van der Waals surface area contributed by atoms with Gasteiger partial charge in [-0.15, -0.1) is 0 Å². The van der Waals surface area contributed by atoms with E-state index in [-0.39, 0.29) is 66.8 Å². The molecule has 0 aromatic heterocycles.